The number of likely N-dealkylation sites (tertiary alicyclic amines) is 1. The third-order valence-corrected chi connectivity index (χ3v) is 4.08. The maximum atomic E-state index is 12.9. The number of phenolic OH excluding ortho intramolecular Hbond substituents is 1. The molecule has 0 aliphatic carbocycles. The largest absolute Gasteiger partial charge is 0.507 e. The fourth-order valence-electron chi connectivity index (χ4n) is 2.84. The lowest BCUT2D eigenvalue weighted by atomic mass is 10.0. The number of carbonyl (C=O) groups excluding carboxylic acids is 1. The number of hydrogen-bond donors (Lipinski definition) is 1. The molecule has 22 heavy (non-hydrogen) atoms. The normalized spacial score (nSPS) is 17.7. The van der Waals surface area contributed by atoms with Crippen LogP contribution in [0.1, 0.15) is 33.8 Å². The Kier molecular flexibility index (Phi) is 3.79. The van der Waals surface area contributed by atoms with Gasteiger partial charge in [-0.25, -0.2) is 4.98 Å². The fourth-order valence-corrected chi connectivity index (χ4v) is 2.84. The molecular weight excluding hydrogens is 283 g/mol. The molecule has 1 fully saturated rings. The lowest BCUT2D eigenvalue weighted by Gasteiger charge is -2.17. The summed E-state index contributed by atoms with van der Waals surface area (Å²) in [4.78, 5) is 17.9. The molecule has 0 bridgehead atoms. The van der Waals surface area contributed by atoms with Crippen LogP contribution < -0.4 is 0 Å². The Balaban J connectivity index is 1.76. The molecule has 114 valence electrons. The highest BCUT2D eigenvalue weighted by atomic mass is 19.1. The van der Waals surface area contributed by atoms with Crippen LogP contribution in [-0.4, -0.2) is 34.0 Å². The third kappa shape index (κ3) is 2.79. The number of pyridine rings is 1. The van der Waals surface area contributed by atoms with Gasteiger partial charge in [-0.05, 0) is 37.1 Å². The molecule has 1 aromatic carbocycles. The first-order valence-electron chi connectivity index (χ1n) is 7.25. The van der Waals surface area contributed by atoms with Crippen LogP contribution in [0.3, 0.4) is 0 Å². The third-order valence-electron chi connectivity index (χ3n) is 4.08. The molecule has 1 atom stereocenters. The van der Waals surface area contributed by atoms with E-state index in [0.29, 0.717) is 18.7 Å². The minimum absolute atomic E-state index is 0.00231. The molecule has 1 N–H and O–H groups in total. The molecule has 1 amide bonds. The maximum Gasteiger partial charge on any atom is 0.257 e. The van der Waals surface area contributed by atoms with Crippen LogP contribution in [0.5, 0.6) is 5.75 Å². The number of nitrogens with zero attached hydrogens (tertiary/aromatic N) is 2. The molecule has 2 heterocycles. The minimum Gasteiger partial charge on any atom is -0.507 e. The van der Waals surface area contributed by atoms with Gasteiger partial charge in [0.25, 0.3) is 5.91 Å². The fraction of sp³-hybridized carbons (Fsp3) is 0.294. The Bertz CT molecular complexity index is 700. The first kappa shape index (κ1) is 14.5. The Hall–Kier alpha value is -2.43. The van der Waals surface area contributed by atoms with E-state index in [1.165, 1.54) is 12.3 Å². The second kappa shape index (κ2) is 5.75. The zero-order chi connectivity index (χ0) is 15.7. The second-order valence-corrected chi connectivity index (χ2v) is 5.67. The monoisotopic (exact) mass is 300 g/mol. The summed E-state index contributed by atoms with van der Waals surface area (Å²) < 4.78 is 12.9. The van der Waals surface area contributed by atoms with E-state index >= 15 is 0 Å². The number of benzene rings is 1. The van der Waals surface area contributed by atoms with E-state index in [2.05, 4.69) is 4.98 Å². The van der Waals surface area contributed by atoms with Gasteiger partial charge in [0.1, 0.15) is 5.75 Å². The quantitative estimate of drug-likeness (QED) is 0.868. The number of carbonyl (C=O) groups is 1. The van der Waals surface area contributed by atoms with Crippen molar-refractivity contribution in [2.24, 2.45) is 0 Å². The first-order valence-corrected chi connectivity index (χ1v) is 7.25. The molecule has 1 aliphatic rings. The van der Waals surface area contributed by atoms with Crippen molar-refractivity contribution < 1.29 is 14.3 Å². The molecule has 0 spiro atoms. The highest BCUT2D eigenvalue weighted by Gasteiger charge is 2.29. The van der Waals surface area contributed by atoms with Crippen molar-refractivity contribution >= 4 is 5.91 Å². The predicted molar refractivity (Wildman–Crippen MR) is 80.3 cm³/mol. The van der Waals surface area contributed by atoms with Crippen molar-refractivity contribution in [3.05, 3.63) is 59.2 Å². The summed E-state index contributed by atoms with van der Waals surface area (Å²) in [5.41, 5.74) is 2.20. The van der Waals surface area contributed by atoms with Crippen molar-refractivity contribution in [1.82, 2.24) is 9.88 Å². The van der Waals surface area contributed by atoms with E-state index in [4.69, 9.17) is 0 Å². The highest BCUT2D eigenvalue weighted by molar-refractivity contribution is 5.97. The van der Waals surface area contributed by atoms with Crippen LogP contribution in [0.2, 0.25) is 0 Å². The summed E-state index contributed by atoms with van der Waals surface area (Å²) in [7, 11) is 0. The van der Waals surface area contributed by atoms with Gasteiger partial charge in [0.15, 0.2) is 0 Å². The number of aromatic hydroxyl groups is 1. The molecule has 1 unspecified atom stereocenters. The lowest BCUT2D eigenvalue weighted by Crippen LogP contribution is -2.28. The second-order valence-electron chi connectivity index (χ2n) is 5.67. The smallest absolute Gasteiger partial charge is 0.257 e. The average molecular weight is 300 g/mol. The van der Waals surface area contributed by atoms with Gasteiger partial charge in [-0.2, -0.15) is 4.39 Å². The average Bonchev–Trinajstić information content (AvgIpc) is 2.99. The first-order chi connectivity index (χ1) is 10.5. The van der Waals surface area contributed by atoms with E-state index < -0.39 is 5.95 Å². The standard InChI is InChI=1S/C17H17FN2O2/c1-11-2-4-15(21)14(8-11)17(22)20-7-6-13(10-20)12-3-5-16(18)19-9-12/h2-5,8-9,13,21H,6-7,10H2,1H3. The molecule has 3 rings (SSSR count). The zero-order valence-electron chi connectivity index (χ0n) is 12.3. The van der Waals surface area contributed by atoms with Gasteiger partial charge in [-0.15, -0.1) is 0 Å². The molecule has 4 nitrogen and oxygen atoms in total. The predicted octanol–water partition coefficient (Wildman–Crippen LogP) is 2.86. The van der Waals surface area contributed by atoms with Crippen molar-refractivity contribution in [2.75, 3.05) is 13.1 Å². The number of aryl methyl sites for hydroxylation is 1. The van der Waals surface area contributed by atoms with E-state index in [0.717, 1.165) is 17.5 Å². The van der Waals surface area contributed by atoms with Crippen LogP contribution in [0, 0.1) is 12.9 Å². The van der Waals surface area contributed by atoms with Crippen LogP contribution in [-0.2, 0) is 0 Å². The summed E-state index contributed by atoms with van der Waals surface area (Å²) in [6, 6.07) is 8.06. The molecule has 0 radical (unpaired) electrons. The van der Waals surface area contributed by atoms with Gasteiger partial charge in [0.2, 0.25) is 5.95 Å². The van der Waals surface area contributed by atoms with Gasteiger partial charge in [-0.3, -0.25) is 4.79 Å². The number of aromatic nitrogens is 1. The molecule has 5 heteroatoms. The minimum atomic E-state index is -0.501. The summed E-state index contributed by atoms with van der Waals surface area (Å²) >= 11 is 0. The molecule has 2 aromatic rings. The summed E-state index contributed by atoms with van der Waals surface area (Å²) in [6.45, 7) is 3.06. The number of phenols is 1. The van der Waals surface area contributed by atoms with Gasteiger partial charge in [0, 0.05) is 25.2 Å². The van der Waals surface area contributed by atoms with E-state index in [9.17, 15) is 14.3 Å². The van der Waals surface area contributed by atoms with Gasteiger partial charge >= 0.3 is 0 Å². The number of rotatable bonds is 2. The van der Waals surface area contributed by atoms with Gasteiger partial charge < -0.3 is 10.0 Å². The van der Waals surface area contributed by atoms with Crippen LogP contribution in [0.4, 0.5) is 4.39 Å². The van der Waals surface area contributed by atoms with E-state index in [1.807, 2.05) is 6.92 Å². The number of amides is 1. The molecule has 1 saturated heterocycles. The van der Waals surface area contributed by atoms with Gasteiger partial charge in [0.05, 0.1) is 5.56 Å². The van der Waals surface area contributed by atoms with Crippen molar-refractivity contribution in [3.63, 3.8) is 0 Å². The van der Waals surface area contributed by atoms with Crippen molar-refractivity contribution in [1.29, 1.82) is 0 Å². The number of halogens is 1. The summed E-state index contributed by atoms with van der Waals surface area (Å²) in [5.74, 6) is -0.510. The summed E-state index contributed by atoms with van der Waals surface area (Å²) in [5, 5.41) is 9.88. The number of hydrogen-bond acceptors (Lipinski definition) is 3. The zero-order valence-corrected chi connectivity index (χ0v) is 12.3. The van der Waals surface area contributed by atoms with Crippen LogP contribution in [0.15, 0.2) is 36.5 Å². The molecule has 0 saturated carbocycles. The van der Waals surface area contributed by atoms with Crippen LogP contribution in [0.25, 0.3) is 0 Å². The summed E-state index contributed by atoms with van der Waals surface area (Å²) in [6.07, 6.45) is 2.34. The SMILES string of the molecule is Cc1ccc(O)c(C(=O)N2CCC(c3ccc(F)nc3)C2)c1. The Labute approximate surface area is 128 Å². The molecule has 1 aromatic heterocycles. The van der Waals surface area contributed by atoms with Crippen LogP contribution >= 0.6 is 0 Å². The highest BCUT2D eigenvalue weighted by Crippen LogP contribution is 2.29. The Morgan fingerprint density at radius 1 is 1.36 bits per heavy atom. The van der Waals surface area contributed by atoms with Gasteiger partial charge in [-0.1, -0.05) is 17.7 Å². The maximum absolute atomic E-state index is 12.9. The molecule has 1 aliphatic heterocycles. The lowest BCUT2D eigenvalue weighted by molar-refractivity contribution is 0.0787. The van der Waals surface area contributed by atoms with E-state index in [-0.39, 0.29) is 17.6 Å². The van der Waals surface area contributed by atoms with Crippen molar-refractivity contribution in [2.45, 2.75) is 19.3 Å². The topological polar surface area (TPSA) is 53.4 Å². The van der Waals surface area contributed by atoms with E-state index in [1.54, 1.807) is 29.2 Å². The Morgan fingerprint density at radius 3 is 2.91 bits per heavy atom. The molecular formula is C17H17FN2O2. The van der Waals surface area contributed by atoms with Crippen molar-refractivity contribution in [3.8, 4) is 5.75 Å². The Morgan fingerprint density at radius 2 is 2.18 bits per heavy atom.